The zero-order valence-electron chi connectivity index (χ0n) is 13.1. The molecule has 0 spiro atoms. The fourth-order valence-electron chi connectivity index (χ4n) is 2.94. The lowest BCUT2D eigenvalue weighted by molar-refractivity contribution is -0.0885. The first kappa shape index (κ1) is 14.8. The van der Waals surface area contributed by atoms with E-state index in [9.17, 15) is 4.79 Å². The molecule has 2 aromatic carbocycles. The molecule has 122 valence electrons. The van der Waals surface area contributed by atoms with E-state index in [0.717, 1.165) is 11.3 Å². The molecule has 2 atom stereocenters. The normalized spacial score (nSPS) is 21.8. The molecule has 2 aromatic rings. The van der Waals surface area contributed by atoms with Crippen LogP contribution in [0, 0.1) is 0 Å². The van der Waals surface area contributed by atoms with Gasteiger partial charge in [-0.2, -0.15) is 0 Å². The minimum atomic E-state index is -0.432. The van der Waals surface area contributed by atoms with Gasteiger partial charge in [-0.25, -0.2) is 14.7 Å². The Bertz CT molecular complexity index is 733. The summed E-state index contributed by atoms with van der Waals surface area (Å²) in [5.74, 6) is 0. The third kappa shape index (κ3) is 2.86. The fraction of sp³-hybridized carbons (Fsp3) is 0.211. The summed E-state index contributed by atoms with van der Waals surface area (Å²) in [5.41, 5.74) is 1.95. The Morgan fingerprint density at radius 2 is 1.75 bits per heavy atom. The van der Waals surface area contributed by atoms with E-state index in [1.54, 1.807) is 4.90 Å². The second-order valence-electron chi connectivity index (χ2n) is 5.80. The predicted octanol–water partition coefficient (Wildman–Crippen LogP) is 3.34. The van der Waals surface area contributed by atoms with E-state index in [0.29, 0.717) is 6.54 Å². The summed E-state index contributed by atoms with van der Waals surface area (Å²) in [7, 11) is 0. The van der Waals surface area contributed by atoms with E-state index in [1.807, 2.05) is 71.8 Å². The Morgan fingerprint density at radius 1 is 1.04 bits per heavy atom. The van der Waals surface area contributed by atoms with Gasteiger partial charge in [0.15, 0.2) is 6.23 Å². The molecule has 24 heavy (non-hydrogen) atoms. The molecule has 0 aliphatic carbocycles. The summed E-state index contributed by atoms with van der Waals surface area (Å²) in [5, 5.41) is 1.85. The van der Waals surface area contributed by atoms with E-state index in [-0.39, 0.29) is 18.7 Å². The minimum absolute atomic E-state index is 0.0123. The Labute approximate surface area is 140 Å². The molecule has 3 aliphatic rings. The predicted molar refractivity (Wildman–Crippen MR) is 90.1 cm³/mol. The Balaban J connectivity index is 1.41. The van der Waals surface area contributed by atoms with E-state index < -0.39 is 6.23 Å². The molecule has 0 aromatic heterocycles. The van der Waals surface area contributed by atoms with Crippen molar-refractivity contribution in [3.63, 3.8) is 0 Å². The third-order valence-corrected chi connectivity index (χ3v) is 4.16. The van der Waals surface area contributed by atoms with Gasteiger partial charge in [-0.05, 0) is 23.8 Å². The first-order valence-corrected chi connectivity index (χ1v) is 7.98. The number of ether oxygens (including phenoxy) is 1. The molecule has 2 unspecified atom stereocenters. The van der Waals surface area contributed by atoms with Gasteiger partial charge < -0.3 is 4.74 Å². The van der Waals surface area contributed by atoms with Gasteiger partial charge in [0, 0.05) is 0 Å². The summed E-state index contributed by atoms with van der Waals surface area (Å²) in [6, 6.07) is 19.5. The molecule has 1 fully saturated rings. The van der Waals surface area contributed by atoms with Gasteiger partial charge in [-0.3, -0.25) is 4.90 Å². The number of carbonyl (C=O) groups excluding carboxylic acids is 1. The van der Waals surface area contributed by atoms with Crippen molar-refractivity contribution in [3.8, 4) is 0 Å². The number of nitrogens with zero attached hydrogens (tertiary/aromatic N) is 2. The average Bonchev–Trinajstić information content (AvgIpc) is 2.68. The Kier molecular flexibility index (Phi) is 3.92. The summed E-state index contributed by atoms with van der Waals surface area (Å²) >= 11 is 0. The first-order chi connectivity index (χ1) is 11.8. The number of hydrogen-bond donors (Lipinski definition) is 0. The summed E-state index contributed by atoms with van der Waals surface area (Å²) in [6.45, 7) is 0.809. The molecular formula is C19H18N2O3. The number of hydroxylamine groups is 1. The molecule has 5 nitrogen and oxygen atoms in total. The van der Waals surface area contributed by atoms with Crippen molar-refractivity contribution in [2.75, 3.05) is 11.6 Å². The quantitative estimate of drug-likeness (QED) is 0.813. The largest absolute Gasteiger partial charge is 0.444 e. The lowest BCUT2D eigenvalue weighted by Crippen LogP contribution is -2.60. The maximum Gasteiger partial charge on any atom is 0.412 e. The fourth-order valence-corrected chi connectivity index (χ4v) is 2.94. The highest BCUT2D eigenvalue weighted by Crippen LogP contribution is 2.30. The third-order valence-electron chi connectivity index (χ3n) is 4.16. The monoisotopic (exact) mass is 322 g/mol. The Morgan fingerprint density at radius 3 is 2.42 bits per heavy atom. The van der Waals surface area contributed by atoms with Crippen LogP contribution in [0.1, 0.15) is 5.56 Å². The maximum atomic E-state index is 12.4. The number of amides is 1. The zero-order chi connectivity index (χ0) is 16.4. The van der Waals surface area contributed by atoms with Crippen LogP contribution in [0.15, 0.2) is 72.8 Å². The van der Waals surface area contributed by atoms with Crippen molar-refractivity contribution >= 4 is 11.8 Å². The number of carbonyl (C=O) groups is 1. The van der Waals surface area contributed by atoms with Crippen LogP contribution in [0.4, 0.5) is 10.5 Å². The highest BCUT2D eigenvalue weighted by molar-refractivity contribution is 5.69. The van der Waals surface area contributed by atoms with Crippen molar-refractivity contribution in [2.45, 2.75) is 18.9 Å². The van der Waals surface area contributed by atoms with Crippen LogP contribution in [-0.2, 0) is 16.2 Å². The van der Waals surface area contributed by atoms with Gasteiger partial charge in [-0.1, -0.05) is 54.6 Å². The first-order valence-electron chi connectivity index (χ1n) is 7.98. The highest BCUT2D eigenvalue weighted by atomic mass is 16.7. The topological polar surface area (TPSA) is 42.0 Å². The van der Waals surface area contributed by atoms with Crippen LogP contribution in [0.3, 0.4) is 0 Å². The molecule has 3 aliphatic heterocycles. The van der Waals surface area contributed by atoms with Crippen molar-refractivity contribution in [1.29, 1.82) is 0 Å². The SMILES string of the molecule is O=C(OCc1ccccc1)N1CC2C=CC1ON2c1ccccc1. The van der Waals surface area contributed by atoms with Crippen LogP contribution in [0.2, 0.25) is 0 Å². The summed E-state index contributed by atoms with van der Waals surface area (Å²) in [6.07, 6.45) is 3.18. The second kappa shape index (κ2) is 6.37. The number of para-hydroxylation sites is 1. The standard InChI is InChI=1S/C19H18N2O3/c22-19(23-14-15-7-3-1-4-8-15)20-13-17-11-12-18(20)24-21(17)16-9-5-2-6-10-16/h1-12,17-18H,13-14H2. The van der Waals surface area contributed by atoms with E-state index in [2.05, 4.69) is 6.08 Å². The molecule has 0 saturated carbocycles. The molecule has 1 saturated heterocycles. The molecule has 2 bridgehead atoms. The smallest absolute Gasteiger partial charge is 0.412 e. The van der Waals surface area contributed by atoms with Crippen molar-refractivity contribution < 1.29 is 14.4 Å². The van der Waals surface area contributed by atoms with Crippen molar-refractivity contribution in [2.24, 2.45) is 0 Å². The van der Waals surface area contributed by atoms with Gasteiger partial charge in [0.25, 0.3) is 0 Å². The van der Waals surface area contributed by atoms with Crippen LogP contribution in [0.5, 0.6) is 0 Å². The van der Waals surface area contributed by atoms with Crippen molar-refractivity contribution in [1.82, 2.24) is 4.90 Å². The molecule has 1 amide bonds. The van der Waals surface area contributed by atoms with Crippen molar-refractivity contribution in [3.05, 3.63) is 78.4 Å². The molecule has 5 heteroatoms. The minimum Gasteiger partial charge on any atom is -0.444 e. The number of fused-ring (bicyclic) bond motifs is 2. The van der Waals surface area contributed by atoms with E-state index >= 15 is 0 Å². The molecule has 0 radical (unpaired) electrons. The highest BCUT2D eigenvalue weighted by Gasteiger charge is 2.40. The molecular weight excluding hydrogens is 304 g/mol. The molecule has 3 heterocycles. The number of rotatable bonds is 3. The Hall–Kier alpha value is -2.79. The number of anilines is 1. The van der Waals surface area contributed by atoms with Gasteiger partial charge in [0.1, 0.15) is 6.61 Å². The second-order valence-corrected chi connectivity index (χ2v) is 5.80. The zero-order valence-corrected chi connectivity index (χ0v) is 13.1. The van der Waals surface area contributed by atoms with E-state index in [4.69, 9.17) is 9.57 Å². The van der Waals surface area contributed by atoms with Crippen LogP contribution >= 0.6 is 0 Å². The average molecular weight is 322 g/mol. The van der Waals surface area contributed by atoms with Gasteiger partial charge >= 0.3 is 6.09 Å². The van der Waals surface area contributed by atoms with E-state index in [1.165, 1.54) is 0 Å². The lowest BCUT2D eigenvalue weighted by atomic mass is 10.1. The van der Waals surface area contributed by atoms with Crippen LogP contribution in [-0.4, -0.2) is 29.8 Å². The number of hydrogen-bond acceptors (Lipinski definition) is 4. The van der Waals surface area contributed by atoms with Crippen LogP contribution in [0.25, 0.3) is 0 Å². The lowest BCUT2D eigenvalue weighted by Gasteiger charge is -2.47. The maximum absolute atomic E-state index is 12.4. The molecule has 0 N–H and O–H groups in total. The van der Waals surface area contributed by atoms with Gasteiger partial charge in [-0.15, -0.1) is 0 Å². The van der Waals surface area contributed by atoms with Gasteiger partial charge in [0.2, 0.25) is 0 Å². The summed E-state index contributed by atoms with van der Waals surface area (Å²) in [4.78, 5) is 19.9. The summed E-state index contributed by atoms with van der Waals surface area (Å²) < 4.78 is 5.42. The van der Waals surface area contributed by atoms with Crippen LogP contribution < -0.4 is 5.06 Å². The molecule has 5 rings (SSSR count). The number of benzene rings is 2. The van der Waals surface area contributed by atoms with Gasteiger partial charge in [0.05, 0.1) is 18.3 Å².